The van der Waals surface area contributed by atoms with E-state index in [4.69, 9.17) is 0 Å². The molecule has 1 fully saturated rings. The molecule has 0 radical (unpaired) electrons. The SMILES string of the molecule is CC(C)SCc1nc(C2CC2)nn1-c1ccc(F)c(F)c1. The minimum absolute atomic E-state index is 0.430. The van der Waals surface area contributed by atoms with Gasteiger partial charge in [0.25, 0.3) is 0 Å². The summed E-state index contributed by atoms with van der Waals surface area (Å²) in [5.74, 6) is 1.04. The highest BCUT2D eigenvalue weighted by Gasteiger charge is 2.29. The van der Waals surface area contributed by atoms with Crippen LogP contribution in [0.5, 0.6) is 0 Å². The van der Waals surface area contributed by atoms with E-state index < -0.39 is 11.6 Å². The van der Waals surface area contributed by atoms with Crippen molar-refractivity contribution in [3.05, 3.63) is 41.5 Å². The molecule has 3 rings (SSSR count). The zero-order chi connectivity index (χ0) is 15.0. The van der Waals surface area contributed by atoms with E-state index >= 15 is 0 Å². The Kier molecular flexibility index (Phi) is 3.97. The van der Waals surface area contributed by atoms with Gasteiger partial charge >= 0.3 is 0 Å². The van der Waals surface area contributed by atoms with Crippen LogP contribution in [-0.4, -0.2) is 20.0 Å². The summed E-state index contributed by atoms with van der Waals surface area (Å²) in [4.78, 5) is 4.59. The molecule has 1 aromatic heterocycles. The zero-order valence-electron chi connectivity index (χ0n) is 12.0. The number of aromatic nitrogens is 3. The molecule has 1 heterocycles. The lowest BCUT2D eigenvalue weighted by Gasteiger charge is -2.07. The smallest absolute Gasteiger partial charge is 0.160 e. The molecule has 0 amide bonds. The average molecular weight is 309 g/mol. The minimum atomic E-state index is -0.863. The molecule has 1 saturated carbocycles. The molecule has 0 atom stereocenters. The second kappa shape index (κ2) is 5.75. The molecule has 0 bridgehead atoms. The Balaban J connectivity index is 1.96. The van der Waals surface area contributed by atoms with Crippen molar-refractivity contribution in [2.45, 2.75) is 43.6 Å². The maximum Gasteiger partial charge on any atom is 0.160 e. The Bertz CT molecular complexity index is 650. The highest BCUT2D eigenvalue weighted by molar-refractivity contribution is 7.99. The monoisotopic (exact) mass is 309 g/mol. The molecule has 3 nitrogen and oxygen atoms in total. The summed E-state index contributed by atoms with van der Waals surface area (Å²) in [6, 6.07) is 3.83. The van der Waals surface area contributed by atoms with E-state index in [2.05, 4.69) is 23.9 Å². The quantitative estimate of drug-likeness (QED) is 0.834. The lowest BCUT2D eigenvalue weighted by molar-refractivity contribution is 0.507. The number of thioether (sulfide) groups is 1. The minimum Gasteiger partial charge on any atom is -0.217 e. The largest absolute Gasteiger partial charge is 0.217 e. The summed E-state index contributed by atoms with van der Waals surface area (Å²) in [6.07, 6.45) is 2.22. The standard InChI is InChI=1S/C15H17F2N3S/c1-9(2)21-8-14-18-15(10-3-4-10)19-20(14)11-5-6-12(16)13(17)7-11/h5-7,9-10H,3-4,8H2,1-2H3. The molecule has 112 valence electrons. The van der Waals surface area contributed by atoms with Crippen molar-refractivity contribution < 1.29 is 8.78 Å². The second-order valence-electron chi connectivity index (χ2n) is 5.53. The van der Waals surface area contributed by atoms with Gasteiger partial charge in [-0.15, -0.1) is 0 Å². The van der Waals surface area contributed by atoms with Gasteiger partial charge in [-0.1, -0.05) is 13.8 Å². The van der Waals surface area contributed by atoms with Gasteiger partial charge in [0.2, 0.25) is 0 Å². The predicted molar refractivity (Wildman–Crippen MR) is 79.7 cm³/mol. The van der Waals surface area contributed by atoms with Gasteiger partial charge in [-0.2, -0.15) is 16.9 Å². The maximum atomic E-state index is 13.4. The predicted octanol–water partition coefficient (Wildman–Crippen LogP) is 4.06. The van der Waals surface area contributed by atoms with Crippen LogP contribution < -0.4 is 0 Å². The van der Waals surface area contributed by atoms with Crippen LogP contribution in [0.1, 0.15) is 44.3 Å². The number of hydrogen-bond acceptors (Lipinski definition) is 3. The molecule has 1 aliphatic rings. The highest BCUT2D eigenvalue weighted by atomic mass is 32.2. The molecule has 1 aromatic carbocycles. The third-order valence-corrected chi connectivity index (χ3v) is 4.42. The number of nitrogens with zero attached hydrogens (tertiary/aromatic N) is 3. The van der Waals surface area contributed by atoms with Crippen LogP contribution in [0.2, 0.25) is 0 Å². The van der Waals surface area contributed by atoms with E-state index in [0.29, 0.717) is 22.6 Å². The van der Waals surface area contributed by atoms with E-state index in [1.54, 1.807) is 16.4 Å². The van der Waals surface area contributed by atoms with Gasteiger partial charge in [-0.3, -0.25) is 0 Å². The van der Waals surface area contributed by atoms with E-state index in [-0.39, 0.29) is 0 Å². The summed E-state index contributed by atoms with van der Waals surface area (Å²) in [5.41, 5.74) is 0.521. The molecular weight excluding hydrogens is 292 g/mol. The number of benzene rings is 1. The first kappa shape index (κ1) is 14.5. The zero-order valence-corrected chi connectivity index (χ0v) is 12.8. The highest BCUT2D eigenvalue weighted by Crippen LogP contribution is 2.38. The number of halogens is 2. The third kappa shape index (κ3) is 3.26. The molecule has 0 unspecified atom stereocenters. The molecule has 1 aliphatic carbocycles. The van der Waals surface area contributed by atoms with Crippen LogP contribution in [0.25, 0.3) is 5.69 Å². The van der Waals surface area contributed by atoms with Crippen LogP contribution >= 0.6 is 11.8 Å². The summed E-state index contributed by atoms with van der Waals surface area (Å²) in [5, 5.41) is 4.97. The van der Waals surface area contributed by atoms with E-state index in [0.717, 1.165) is 30.6 Å². The topological polar surface area (TPSA) is 30.7 Å². The van der Waals surface area contributed by atoms with Gasteiger partial charge < -0.3 is 0 Å². The Morgan fingerprint density at radius 1 is 1.29 bits per heavy atom. The van der Waals surface area contributed by atoms with Crippen molar-refractivity contribution in [1.82, 2.24) is 14.8 Å². The van der Waals surface area contributed by atoms with Gasteiger partial charge in [0, 0.05) is 12.0 Å². The lowest BCUT2D eigenvalue weighted by atomic mass is 10.3. The molecule has 0 spiro atoms. The van der Waals surface area contributed by atoms with Gasteiger partial charge in [0.1, 0.15) is 5.82 Å². The van der Waals surface area contributed by atoms with E-state index in [1.807, 2.05) is 0 Å². The van der Waals surface area contributed by atoms with Crippen molar-refractivity contribution in [1.29, 1.82) is 0 Å². The van der Waals surface area contributed by atoms with Crippen molar-refractivity contribution >= 4 is 11.8 Å². The first-order valence-corrected chi connectivity index (χ1v) is 8.12. The fourth-order valence-electron chi connectivity index (χ4n) is 2.03. The Labute approximate surface area is 126 Å². The van der Waals surface area contributed by atoms with Gasteiger partial charge in [-0.25, -0.2) is 18.4 Å². The molecule has 0 saturated heterocycles. The van der Waals surface area contributed by atoms with Crippen molar-refractivity contribution in [2.24, 2.45) is 0 Å². The van der Waals surface area contributed by atoms with Gasteiger partial charge in [0.05, 0.1) is 11.4 Å². The molecular formula is C15H17F2N3S. The fraction of sp³-hybridized carbons (Fsp3) is 0.467. The van der Waals surface area contributed by atoms with E-state index in [1.165, 1.54) is 12.1 Å². The summed E-state index contributed by atoms with van der Waals surface area (Å²) in [6.45, 7) is 4.23. The Morgan fingerprint density at radius 2 is 2.05 bits per heavy atom. The molecule has 0 aliphatic heterocycles. The van der Waals surface area contributed by atoms with Crippen LogP contribution in [-0.2, 0) is 5.75 Å². The Hall–Kier alpha value is -1.43. The Morgan fingerprint density at radius 3 is 2.67 bits per heavy atom. The van der Waals surface area contributed by atoms with Gasteiger partial charge in [0.15, 0.2) is 17.5 Å². The summed E-state index contributed by atoms with van der Waals surface area (Å²) >= 11 is 1.75. The first-order valence-electron chi connectivity index (χ1n) is 7.07. The number of rotatable bonds is 5. The van der Waals surface area contributed by atoms with Crippen LogP contribution in [0.3, 0.4) is 0 Å². The summed E-state index contributed by atoms with van der Waals surface area (Å²) in [7, 11) is 0. The summed E-state index contributed by atoms with van der Waals surface area (Å²) < 4.78 is 28.2. The molecule has 6 heteroatoms. The second-order valence-corrected chi connectivity index (χ2v) is 7.10. The first-order chi connectivity index (χ1) is 10.0. The molecule has 2 aromatic rings. The molecule has 0 N–H and O–H groups in total. The number of hydrogen-bond donors (Lipinski definition) is 0. The average Bonchev–Trinajstić information content (AvgIpc) is 3.20. The normalized spacial score (nSPS) is 14.9. The molecule has 21 heavy (non-hydrogen) atoms. The van der Waals surface area contributed by atoms with Crippen LogP contribution in [0, 0.1) is 11.6 Å². The van der Waals surface area contributed by atoms with Gasteiger partial charge in [-0.05, 0) is 30.2 Å². The van der Waals surface area contributed by atoms with Crippen LogP contribution in [0.15, 0.2) is 18.2 Å². The lowest BCUT2D eigenvalue weighted by Crippen LogP contribution is -2.04. The maximum absolute atomic E-state index is 13.4. The van der Waals surface area contributed by atoms with E-state index in [9.17, 15) is 8.78 Å². The van der Waals surface area contributed by atoms with Crippen molar-refractivity contribution in [2.75, 3.05) is 0 Å². The van der Waals surface area contributed by atoms with Crippen molar-refractivity contribution in [3.8, 4) is 5.69 Å². The van der Waals surface area contributed by atoms with Crippen LogP contribution in [0.4, 0.5) is 8.78 Å². The van der Waals surface area contributed by atoms with Crippen molar-refractivity contribution in [3.63, 3.8) is 0 Å². The third-order valence-electron chi connectivity index (χ3n) is 3.33. The fourth-order valence-corrected chi connectivity index (χ4v) is 2.70.